The third-order valence-corrected chi connectivity index (χ3v) is 7.39. The molecule has 210 valence electrons. The number of esters is 1. The Morgan fingerprint density at radius 3 is 2.34 bits per heavy atom. The smallest absolute Gasteiger partial charge is 0.339 e. The van der Waals surface area contributed by atoms with Gasteiger partial charge in [-0.1, -0.05) is 72.8 Å². The monoisotopic (exact) mass is 546 g/mol. The summed E-state index contributed by atoms with van der Waals surface area (Å²) in [6.07, 6.45) is 2.00. The number of anilines is 1. The van der Waals surface area contributed by atoms with Crippen molar-refractivity contribution >= 4 is 17.6 Å². The van der Waals surface area contributed by atoms with Gasteiger partial charge >= 0.3 is 5.97 Å². The molecule has 0 fully saturated rings. The molecule has 0 spiro atoms. The highest BCUT2D eigenvalue weighted by molar-refractivity contribution is 5.97. The summed E-state index contributed by atoms with van der Waals surface area (Å²) in [6.45, 7) is 9.38. The number of nitrogens with one attached hydrogen (secondary N) is 1. The Balaban J connectivity index is 1.28. The van der Waals surface area contributed by atoms with Crippen LogP contribution in [0, 0.1) is 0 Å². The molecular formula is C36H38N2O3. The van der Waals surface area contributed by atoms with E-state index in [1.807, 2.05) is 94.4 Å². The number of carbonyl (C=O) groups is 2. The molecule has 1 aliphatic rings. The van der Waals surface area contributed by atoms with Gasteiger partial charge in [0.1, 0.15) is 5.60 Å². The number of rotatable bonds is 7. The highest BCUT2D eigenvalue weighted by Gasteiger charge is 2.22. The minimum atomic E-state index is -0.552. The second kappa shape index (κ2) is 12.0. The minimum Gasteiger partial charge on any atom is -0.456 e. The summed E-state index contributed by atoms with van der Waals surface area (Å²) >= 11 is 0. The van der Waals surface area contributed by atoms with Crippen molar-refractivity contribution in [2.45, 2.75) is 58.7 Å². The van der Waals surface area contributed by atoms with Crippen molar-refractivity contribution in [3.8, 4) is 11.1 Å². The SMILES string of the molecule is C[C@H](NC(=O)c1ccc2c(c1)CCCN2Cc1ccc(-c2ccccc2C(=O)OC(C)(C)C)cc1)c1ccccc1. The van der Waals surface area contributed by atoms with Crippen LogP contribution in [0.2, 0.25) is 0 Å². The van der Waals surface area contributed by atoms with Crippen molar-refractivity contribution in [2.75, 3.05) is 11.4 Å². The molecule has 0 saturated heterocycles. The van der Waals surface area contributed by atoms with Crippen LogP contribution in [0.15, 0.2) is 97.1 Å². The second-order valence-corrected chi connectivity index (χ2v) is 11.7. The molecule has 0 bridgehead atoms. The summed E-state index contributed by atoms with van der Waals surface area (Å²) in [5.74, 6) is -0.367. The van der Waals surface area contributed by atoms with Gasteiger partial charge in [0.25, 0.3) is 5.91 Å². The van der Waals surface area contributed by atoms with Crippen LogP contribution in [0.5, 0.6) is 0 Å². The maximum absolute atomic E-state index is 13.0. The standard InChI is InChI=1S/C36H38N2O3/c1-25(27-11-6-5-7-12-27)37-34(39)30-20-21-33-29(23-30)13-10-22-38(33)24-26-16-18-28(19-17-26)31-14-8-9-15-32(31)35(40)41-36(2,3)4/h5-9,11-12,14-21,23,25H,10,13,22,24H2,1-4H3,(H,37,39)/t25-/m0/s1. The van der Waals surface area contributed by atoms with E-state index in [0.717, 1.165) is 42.6 Å². The van der Waals surface area contributed by atoms with E-state index in [4.69, 9.17) is 4.74 Å². The fourth-order valence-electron chi connectivity index (χ4n) is 5.34. The zero-order valence-electron chi connectivity index (χ0n) is 24.3. The van der Waals surface area contributed by atoms with Crippen LogP contribution in [-0.4, -0.2) is 24.0 Å². The van der Waals surface area contributed by atoms with E-state index in [9.17, 15) is 9.59 Å². The maximum Gasteiger partial charge on any atom is 0.339 e. The number of hydrogen-bond acceptors (Lipinski definition) is 4. The molecule has 0 aliphatic carbocycles. The molecular weight excluding hydrogens is 508 g/mol. The van der Waals surface area contributed by atoms with Crippen LogP contribution < -0.4 is 10.2 Å². The predicted molar refractivity (Wildman–Crippen MR) is 165 cm³/mol. The first-order valence-corrected chi connectivity index (χ1v) is 14.3. The number of fused-ring (bicyclic) bond motifs is 1. The molecule has 1 atom stereocenters. The number of benzene rings is 4. The number of carbonyl (C=O) groups excluding carboxylic acids is 2. The highest BCUT2D eigenvalue weighted by atomic mass is 16.6. The van der Waals surface area contributed by atoms with Gasteiger partial charge in [-0.15, -0.1) is 0 Å². The zero-order chi connectivity index (χ0) is 29.0. The van der Waals surface area contributed by atoms with Crippen LogP contribution >= 0.6 is 0 Å². The Bertz CT molecular complexity index is 1520. The quantitative estimate of drug-likeness (QED) is 0.241. The first-order valence-electron chi connectivity index (χ1n) is 14.3. The van der Waals surface area contributed by atoms with Crippen LogP contribution in [0.4, 0.5) is 5.69 Å². The van der Waals surface area contributed by atoms with Crippen LogP contribution in [0.3, 0.4) is 0 Å². The van der Waals surface area contributed by atoms with Gasteiger partial charge in [0.05, 0.1) is 11.6 Å². The molecule has 1 heterocycles. The van der Waals surface area contributed by atoms with Crippen LogP contribution in [0.25, 0.3) is 11.1 Å². The summed E-state index contributed by atoms with van der Waals surface area (Å²) in [6, 6.07) is 32.0. The molecule has 0 unspecified atom stereocenters. The van der Waals surface area contributed by atoms with E-state index in [1.54, 1.807) is 0 Å². The van der Waals surface area contributed by atoms with E-state index in [0.29, 0.717) is 11.1 Å². The van der Waals surface area contributed by atoms with Crippen molar-refractivity contribution in [3.63, 3.8) is 0 Å². The summed E-state index contributed by atoms with van der Waals surface area (Å²) in [7, 11) is 0. The summed E-state index contributed by atoms with van der Waals surface area (Å²) in [5.41, 5.74) is 7.23. The van der Waals surface area contributed by atoms with Gasteiger partial charge < -0.3 is 15.0 Å². The fourth-order valence-corrected chi connectivity index (χ4v) is 5.34. The third kappa shape index (κ3) is 6.86. The lowest BCUT2D eigenvalue weighted by Crippen LogP contribution is -2.30. The molecule has 5 rings (SSSR count). The molecule has 5 nitrogen and oxygen atoms in total. The summed E-state index contributed by atoms with van der Waals surface area (Å²) < 4.78 is 5.63. The molecule has 0 saturated carbocycles. The van der Waals surface area contributed by atoms with Gasteiger partial charge in [-0.3, -0.25) is 4.79 Å². The van der Waals surface area contributed by atoms with Gasteiger partial charge in [0, 0.05) is 24.3 Å². The first-order chi connectivity index (χ1) is 19.7. The Morgan fingerprint density at radius 1 is 0.902 bits per heavy atom. The average Bonchev–Trinajstić information content (AvgIpc) is 2.97. The number of aryl methyl sites for hydroxylation is 1. The number of hydrogen-bond donors (Lipinski definition) is 1. The number of ether oxygens (including phenoxy) is 1. The average molecular weight is 547 g/mol. The Morgan fingerprint density at radius 2 is 1.61 bits per heavy atom. The molecule has 0 aromatic heterocycles. The van der Waals surface area contributed by atoms with Crippen molar-refractivity contribution in [3.05, 3.63) is 125 Å². The van der Waals surface area contributed by atoms with Crippen molar-refractivity contribution in [1.82, 2.24) is 5.32 Å². The van der Waals surface area contributed by atoms with E-state index >= 15 is 0 Å². The van der Waals surface area contributed by atoms with Crippen molar-refractivity contribution in [1.29, 1.82) is 0 Å². The predicted octanol–water partition coefficient (Wildman–Crippen LogP) is 7.75. The van der Waals surface area contributed by atoms with Gasteiger partial charge in [-0.05, 0) is 92.6 Å². The zero-order valence-corrected chi connectivity index (χ0v) is 24.3. The lowest BCUT2D eigenvalue weighted by molar-refractivity contribution is 0.00703. The Labute approximate surface area is 243 Å². The normalized spacial score (nSPS) is 13.7. The highest BCUT2D eigenvalue weighted by Crippen LogP contribution is 2.31. The molecule has 0 radical (unpaired) electrons. The summed E-state index contributed by atoms with van der Waals surface area (Å²) in [5, 5.41) is 3.13. The van der Waals surface area contributed by atoms with E-state index in [-0.39, 0.29) is 17.9 Å². The third-order valence-electron chi connectivity index (χ3n) is 7.39. The van der Waals surface area contributed by atoms with Gasteiger partial charge in [0.2, 0.25) is 0 Å². The van der Waals surface area contributed by atoms with E-state index < -0.39 is 5.60 Å². The maximum atomic E-state index is 13.0. The Hall–Kier alpha value is -4.38. The van der Waals surface area contributed by atoms with Gasteiger partial charge in [-0.2, -0.15) is 0 Å². The van der Waals surface area contributed by atoms with Crippen molar-refractivity contribution in [2.24, 2.45) is 0 Å². The molecule has 1 amide bonds. The van der Waals surface area contributed by atoms with E-state index in [2.05, 4.69) is 40.5 Å². The first kappa shape index (κ1) is 28.2. The van der Waals surface area contributed by atoms with Gasteiger partial charge in [-0.25, -0.2) is 4.79 Å². The van der Waals surface area contributed by atoms with E-state index in [1.165, 1.54) is 16.8 Å². The topological polar surface area (TPSA) is 58.6 Å². The number of nitrogens with zero attached hydrogens (tertiary/aromatic N) is 1. The number of amides is 1. The minimum absolute atomic E-state index is 0.0523. The molecule has 5 heteroatoms. The van der Waals surface area contributed by atoms with Crippen LogP contribution in [-0.2, 0) is 17.7 Å². The second-order valence-electron chi connectivity index (χ2n) is 11.7. The van der Waals surface area contributed by atoms with Crippen molar-refractivity contribution < 1.29 is 14.3 Å². The summed E-state index contributed by atoms with van der Waals surface area (Å²) in [4.78, 5) is 28.2. The van der Waals surface area contributed by atoms with Gasteiger partial charge in [0.15, 0.2) is 0 Å². The lowest BCUT2D eigenvalue weighted by Gasteiger charge is -2.32. The molecule has 4 aromatic carbocycles. The fraction of sp³-hybridized carbons (Fsp3) is 0.278. The molecule has 1 aliphatic heterocycles. The Kier molecular flexibility index (Phi) is 8.25. The lowest BCUT2D eigenvalue weighted by atomic mass is 9.97. The molecule has 41 heavy (non-hydrogen) atoms. The molecule has 1 N–H and O–H groups in total. The van der Waals surface area contributed by atoms with Crippen LogP contribution in [0.1, 0.15) is 77.6 Å². The molecule has 4 aromatic rings. The largest absolute Gasteiger partial charge is 0.456 e.